The fourth-order valence-electron chi connectivity index (χ4n) is 2.86. The van der Waals surface area contributed by atoms with Gasteiger partial charge in [0.2, 0.25) is 0 Å². The summed E-state index contributed by atoms with van der Waals surface area (Å²) in [6.45, 7) is 7.46. The summed E-state index contributed by atoms with van der Waals surface area (Å²) in [6, 6.07) is 2.58. The largest absolute Gasteiger partial charge is 0.375 e. The maximum atomic E-state index is 6.18. The molecule has 2 aliphatic heterocycles. The van der Waals surface area contributed by atoms with Crippen LogP contribution in [-0.2, 0) is 9.47 Å². The van der Waals surface area contributed by atoms with Gasteiger partial charge in [-0.3, -0.25) is 0 Å². The molecule has 0 aromatic rings. The van der Waals surface area contributed by atoms with Crippen LogP contribution in [-0.4, -0.2) is 32.8 Å². The van der Waals surface area contributed by atoms with Crippen LogP contribution in [0.1, 0.15) is 27.2 Å². The minimum Gasteiger partial charge on any atom is -0.375 e. The lowest BCUT2D eigenvalue weighted by atomic mass is 10.0. The molecule has 3 unspecified atom stereocenters. The molecular formula is C12H21O2Si. The summed E-state index contributed by atoms with van der Waals surface area (Å²) in [5.41, 5.74) is 0. The van der Waals surface area contributed by atoms with E-state index in [-0.39, 0.29) is 11.3 Å². The van der Waals surface area contributed by atoms with E-state index in [1.807, 2.05) is 0 Å². The Bertz CT molecular complexity index is 250. The van der Waals surface area contributed by atoms with E-state index >= 15 is 0 Å². The molecular weight excluding hydrogens is 204 g/mol. The highest BCUT2D eigenvalue weighted by atomic mass is 28.3. The summed E-state index contributed by atoms with van der Waals surface area (Å²) < 4.78 is 11.9. The van der Waals surface area contributed by atoms with Gasteiger partial charge in [-0.1, -0.05) is 38.1 Å². The standard InChI is InChI=1S/C12H21O2Si/c1-4-13-11-9-12(15(5-2)6-3)8-7-10(11)14-12/h7-8,10-11H,4-6,9H2,1-3H3. The highest BCUT2D eigenvalue weighted by Gasteiger charge is 2.52. The van der Waals surface area contributed by atoms with Gasteiger partial charge in [0.15, 0.2) is 0 Å². The molecule has 0 aromatic heterocycles. The van der Waals surface area contributed by atoms with Crippen molar-refractivity contribution >= 4 is 8.80 Å². The summed E-state index contributed by atoms with van der Waals surface area (Å²) in [7, 11) is -0.409. The molecule has 0 saturated carbocycles. The van der Waals surface area contributed by atoms with Gasteiger partial charge >= 0.3 is 0 Å². The second kappa shape index (κ2) is 4.40. The molecule has 3 atom stereocenters. The van der Waals surface area contributed by atoms with Gasteiger partial charge < -0.3 is 9.47 Å². The van der Waals surface area contributed by atoms with E-state index in [4.69, 9.17) is 9.47 Å². The van der Waals surface area contributed by atoms with Crippen LogP contribution in [0.2, 0.25) is 12.1 Å². The lowest BCUT2D eigenvalue weighted by Gasteiger charge is -2.30. The van der Waals surface area contributed by atoms with Gasteiger partial charge in [-0.25, -0.2) is 0 Å². The molecule has 0 amide bonds. The molecule has 0 aliphatic carbocycles. The molecule has 2 heterocycles. The number of hydrogen-bond donors (Lipinski definition) is 0. The van der Waals surface area contributed by atoms with Crippen molar-refractivity contribution < 1.29 is 9.47 Å². The Morgan fingerprint density at radius 3 is 2.73 bits per heavy atom. The molecule has 85 valence electrons. The second-order valence-electron chi connectivity index (χ2n) is 4.34. The van der Waals surface area contributed by atoms with Gasteiger partial charge in [0, 0.05) is 13.0 Å². The summed E-state index contributed by atoms with van der Waals surface area (Å²) in [6.07, 6.45) is 6.20. The molecule has 2 bridgehead atoms. The van der Waals surface area contributed by atoms with Crippen LogP contribution < -0.4 is 0 Å². The van der Waals surface area contributed by atoms with Crippen molar-refractivity contribution in [1.82, 2.24) is 0 Å². The van der Waals surface area contributed by atoms with E-state index < -0.39 is 8.80 Å². The zero-order chi connectivity index (χ0) is 10.9. The third-order valence-corrected chi connectivity index (χ3v) is 7.00. The van der Waals surface area contributed by atoms with Gasteiger partial charge in [-0.2, -0.15) is 0 Å². The number of fused-ring (bicyclic) bond motifs is 2. The minimum atomic E-state index is -0.409. The molecule has 0 aromatic carbocycles. The predicted octanol–water partition coefficient (Wildman–Crippen LogP) is 2.56. The average Bonchev–Trinajstić information content (AvgIpc) is 2.78. The topological polar surface area (TPSA) is 18.5 Å². The van der Waals surface area contributed by atoms with Gasteiger partial charge in [-0.15, -0.1) is 0 Å². The molecule has 15 heavy (non-hydrogen) atoms. The minimum absolute atomic E-state index is 0.0959. The van der Waals surface area contributed by atoms with Gasteiger partial charge in [0.25, 0.3) is 0 Å². The molecule has 1 saturated heterocycles. The Morgan fingerprint density at radius 1 is 1.40 bits per heavy atom. The molecule has 0 N–H and O–H groups in total. The van der Waals surface area contributed by atoms with E-state index in [2.05, 4.69) is 32.9 Å². The van der Waals surface area contributed by atoms with Crippen LogP contribution in [0.3, 0.4) is 0 Å². The smallest absolute Gasteiger partial charge is 0.103 e. The Balaban J connectivity index is 2.09. The molecule has 3 heteroatoms. The molecule has 2 nitrogen and oxygen atoms in total. The van der Waals surface area contributed by atoms with Crippen molar-refractivity contribution in [3.8, 4) is 0 Å². The molecule has 0 spiro atoms. The quantitative estimate of drug-likeness (QED) is 0.529. The Morgan fingerprint density at radius 2 is 2.13 bits per heavy atom. The molecule has 2 rings (SSSR count). The average molecular weight is 225 g/mol. The summed E-state index contributed by atoms with van der Waals surface area (Å²) in [5, 5.41) is 0.0959. The predicted molar refractivity (Wildman–Crippen MR) is 63.5 cm³/mol. The zero-order valence-corrected chi connectivity index (χ0v) is 11.0. The van der Waals surface area contributed by atoms with E-state index in [9.17, 15) is 0 Å². The second-order valence-corrected chi connectivity index (χ2v) is 7.81. The van der Waals surface area contributed by atoms with Crippen LogP contribution >= 0.6 is 0 Å². The van der Waals surface area contributed by atoms with Crippen LogP contribution in [0.5, 0.6) is 0 Å². The van der Waals surface area contributed by atoms with Gasteiger partial charge in [0.1, 0.15) is 6.10 Å². The van der Waals surface area contributed by atoms with Gasteiger partial charge in [0.05, 0.1) is 20.1 Å². The lowest BCUT2D eigenvalue weighted by Crippen LogP contribution is -2.42. The highest BCUT2D eigenvalue weighted by Crippen LogP contribution is 2.43. The Labute approximate surface area is 94.3 Å². The van der Waals surface area contributed by atoms with Crippen LogP contribution in [0.25, 0.3) is 0 Å². The number of hydrogen-bond acceptors (Lipinski definition) is 2. The van der Waals surface area contributed by atoms with Crippen LogP contribution in [0.15, 0.2) is 12.2 Å². The SMILES string of the molecule is CCOC1CC2([Si](CC)CC)C=CC1O2. The molecule has 2 aliphatic rings. The summed E-state index contributed by atoms with van der Waals surface area (Å²) >= 11 is 0. The first-order valence-corrected chi connectivity index (χ1v) is 8.01. The van der Waals surface area contributed by atoms with Crippen molar-refractivity contribution in [2.24, 2.45) is 0 Å². The zero-order valence-electron chi connectivity index (χ0n) is 9.95. The lowest BCUT2D eigenvalue weighted by molar-refractivity contribution is 0.0136. The van der Waals surface area contributed by atoms with E-state index in [1.165, 1.54) is 12.1 Å². The normalized spacial score (nSPS) is 38.1. The van der Waals surface area contributed by atoms with Crippen molar-refractivity contribution in [2.75, 3.05) is 6.61 Å². The number of rotatable bonds is 5. The van der Waals surface area contributed by atoms with E-state index in [1.54, 1.807) is 0 Å². The maximum Gasteiger partial charge on any atom is 0.103 e. The summed E-state index contributed by atoms with van der Waals surface area (Å²) in [4.78, 5) is 0. The third-order valence-electron chi connectivity index (χ3n) is 3.61. The van der Waals surface area contributed by atoms with Crippen molar-refractivity contribution in [1.29, 1.82) is 0 Å². The third kappa shape index (κ3) is 1.81. The van der Waals surface area contributed by atoms with Crippen molar-refractivity contribution in [3.05, 3.63) is 12.2 Å². The Kier molecular flexibility index (Phi) is 3.33. The van der Waals surface area contributed by atoms with Crippen molar-refractivity contribution in [3.63, 3.8) is 0 Å². The molecule has 1 fully saturated rings. The monoisotopic (exact) mass is 225 g/mol. The highest BCUT2D eigenvalue weighted by molar-refractivity contribution is 6.62. The number of ether oxygens (including phenoxy) is 2. The molecule has 1 radical (unpaired) electrons. The first-order valence-electron chi connectivity index (χ1n) is 6.09. The van der Waals surface area contributed by atoms with Gasteiger partial charge in [-0.05, 0) is 6.92 Å². The Hall–Kier alpha value is -0.123. The van der Waals surface area contributed by atoms with E-state index in [0.717, 1.165) is 13.0 Å². The fourth-order valence-corrected chi connectivity index (χ4v) is 5.69. The van der Waals surface area contributed by atoms with Crippen LogP contribution in [0.4, 0.5) is 0 Å². The fraction of sp³-hybridized carbons (Fsp3) is 0.833. The first-order chi connectivity index (χ1) is 7.25. The maximum absolute atomic E-state index is 6.18. The summed E-state index contributed by atoms with van der Waals surface area (Å²) in [5.74, 6) is 0. The first kappa shape index (κ1) is 11.4. The van der Waals surface area contributed by atoms with Crippen LogP contribution in [0, 0.1) is 0 Å². The van der Waals surface area contributed by atoms with E-state index in [0.29, 0.717) is 6.10 Å². The van der Waals surface area contributed by atoms with Crippen molar-refractivity contribution in [2.45, 2.75) is 56.7 Å².